The highest BCUT2D eigenvalue weighted by atomic mass is 16.3. The molecular weight excluding hydrogens is 222 g/mol. The molecule has 0 aromatic heterocycles. The molecule has 0 aromatic rings. The zero-order valence-corrected chi connectivity index (χ0v) is 12.3. The Morgan fingerprint density at radius 3 is 2.50 bits per heavy atom. The summed E-state index contributed by atoms with van der Waals surface area (Å²) in [6.07, 6.45) is 8.89. The standard InChI is InChI=1S/C16H31NO/c1-3-4-14-5-6-16(18)15(11-14)12-17-9-7-13(2)8-10-17/h13-16,18H,3-12H2,1-2H3. The van der Waals surface area contributed by atoms with Gasteiger partial charge in [0.1, 0.15) is 0 Å². The van der Waals surface area contributed by atoms with Crippen LogP contribution in [-0.2, 0) is 0 Å². The fraction of sp³-hybridized carbons (Fsp3) is 1.00. The lowest BCUT2D eigenvalue weighted by molar-refractivity contribution is 0.0199. The molecule has 2 nitrogen and oxygen atoms in total. The number of aliphatic hydroxyl groups is 1. The Hall–Kier alpha value is -0.0800. The zero-order chi connectivity index (χ0) is 13.0. The molecule has 2 fully saturated rings. The van der Waals surface area contributed by atoms with Gasteiger partial charge in [-0.25, -0.2) is 0 Å². The van der Waals surface area contributed by atoms with Crippen molar-refractivity contribution in [3.8, 4) is 0 Å². The first-order chi connectivity index (χ1) is 8.69. The van der Waals surface area contributed by atoms with Gasteiger partial charge in [0.2, 0.25) is 0 Å². The lowest BCUT2D eigenvalue weighted by Crippen LogP contribution is -2.42. The molecule has 1 aliphatic heterocycles. The zero-order valence-electron chi connectivity index (χ0n) is 12.3. The Labute approximate surface area is 113 Å². The third-order valence-corrected chi connectivity index (χ3v) is 5.12. The second kappa shape index (κ2) is 6.91. The van der Waals surface area contributed by atoms with Crippen molar-refractivity contribution in [2.75, 3.05) is 19.6 Å². The normalized spacial score (nSPS) is 35.8. The van der Waals surface area contributed by atoms with Crippen LogP contribution in [0.25, 0.3) is 0 Å². The summed E-state index contributed by atoms with van der Waals surface area (Å²) in [6, 6.07) is 0. The van der Waals surface area contributed by atoms with Gasteiger partial charge in [0, 0.05) is 6.54 Å². The van der Waals surface area contributed by atoms with Crippen LogP contribution in [0, 0.1) is 17.8 Å². The summed E-state index contributed by atoms with van der Waals surface area (Å²) in [4.78, 5) is 2.60. The molecule has 1 N–H and O–H groups in total. The van der Waals surface area contributed by atoms with Gasteiger partial charge < -0.3 is 10.0 Å². The number of piperidine rings is 1. The molecule has 106 valence electrons. The summed E-state index contributed by atoms with van der Waals surface area (Å²) in [5.74, 6) is 2.33. The average molecular weight is 253 g/mol. The second-order valence-electron chi connectivity index (χ2n) is 6.78. The van der Waals surface area contributed by atoms with Crippen LogP contribution in [0.1, 0.15) is 58.8 Å². The van der Waals surface area contributed by atoms with Gasteiger partial charge in [-0.1, -0.05) is 26.7 Å². The van der Waals surface area contributed by atoms with E-state index in [0.717, 1.165) is 24.8 Å². The van der Waals surface area contributed by atoms with E-state index in [4.69, 9.17) is 0 Å². The van der Waals surface area contributed by atoms with Crippen LogP contribution in [-0.4, -0.2) is 35.7 Å². The van der Waals surface area contributed by atoms with E-state index in [-0.39, 0.29) is 6.10 Å². The van der Waals surface area contributed by atoms with Gasteiger partial charge >= 0.3 is 0 Å². The van der Waals surface area contributed by atoms with E-state index >= 15 is 0 Å². The summed E-state index contributed by atoms with van der Waals surface area (Å²) in [5, 5.41) is 10.2. The van der Waals surface area contributed by atoms with Crippen molar-refractivity contribution in [3.05, 3.63) is 0 Å². The summed E-state index contributed by atoms with van der Waals surface area (Å²) >= 11 is 0. The monoisotopic (exact) mass is 253 g/mol. The Balaban J connectivity index is 1.79. The summed E-state index contributed by atoms with van der Waals surface area (Å²) in [5.41, 5.74) is 0. The van der Waals surface area contributed by atoms with Gasteiger partial charge in [0.05, 0.1) is 6.10 Å². The minimum atomic E-state index is -0.0301. The molecule has 0 spiro atoms. The van der Waals surface area contributed by atoms with E-state index in [1.807, 2.05) is 0 Å². The molecule has 0 radical (unpaired) electrons. The van der Waals surface area contributed by atoms with Crippen molar-refractivity contribution in [2.24, 2.45) is 17.8 Å². The molecule has 1 saturated heterocycles. The minimum absolute atomic E-state index is 0.0301. The number of hydrogen-bond acceptors (Lipinski definition) is 2. The lowest BCUT2D eigenvalue weighted by Gasteiger charge is -2.38. The number of rotatable bonds is 4. The smallest absolute Gasteiger partial charge is 0.0580 e. The molecule has 0 amide bonds. The molecule has 1 aliphatic carbocycles. The van der Waals surface area contributed by atoms with Crippen LogP contribution in [0.5, 0.6) is 0 Å². The first kappa shape index (κ1) is 14.3. The Morgan fingerprint density at radius 1 is 1.11 bits per heavy atom. The molecule has 2 rings (SSSR count). The summed E-state index contributed by atoms with van der Waals surface area (Å²) < 4.78 is 0. The van der Waals surface area contributed by atoms with Gasteiger partial charge in [0.15, 0.2) is 0 Å². The average Bonchev–Trinajstić information content (AvgIpc) is 2.36. The third kappa shape index (κ3) is 3.96. The first-order valence-corrected chi connectivity index (χ1v) is 8.09. The van der Waals surface area contributed by atoms with Crippen LogP contribution >= 0.6 is 0 Å². The highest BCUT2D eigenvalue weighted by Gasteiger charge is 2.30. The summed E-state index contributed by atoms with van der Waals surface area (Å²) in [7, 11) is 0. The topological polar surface area (TPSA) is 23.5 Å². The van der Waals surface area contributed by atoms with Crippen LogP contribution in [0.2, 0.25) is 0 Å². The minimum Gasteiger partial charge on any atom is -0.393 e. The Morgan fingerprint density at radius 2 is 1.83 bits per heavy atom. The third-order valence-electron chi connectivity index (χ3n) is 5.12. The fourth-order valence-electron chi connectivity index (χ4n) is 3.79. The van der Waals surface area contributed by atoms with Crippen LogP contribution in [0.4, 0.5) is 0 Å². The number of nitrogens with zero attached hydrogens (tertiary/aromatic N) is 1. The fourth-order valence-corrected chi connectivity index (χ4v) is 3.79. The Bertz CT molecular complexity index is 235. The molecule has 0 bridgehead atoms. The van der Waals surface area contributed by atoms with Crippen LogP contribution < -0.4 is 0 Å². The number of likely N-dealkylation sites (tertiary alicyclic amines) is 1. The van der Waals surface area contributed by atoms with Crippen molar-refractivity contribution in [2.45, 2.75) is 64.9 Å². The van der Waals surface area contributed by atoms with Gasteiger partial charge in [0.25, 0.3) is 0 Å². The SMILES string of the molecule is CCCC1CCC(O)C(CN2CCC(C)CC2)C1. The van der Waals surface area contributed by atoms with Gasteiger partial charge in [-0.05, 0) is 62.9 Å². The first-order valence-electron chi connectivity index (χ1n) is 8.09. The van der Waals surface area contributed by atoms with Crippen molar-refractivity contribution in [1.29, 1.82) is 0 Å². The molecule has 1 heterocycles. The van der Waals surface area contributed by atoms with E-state index < -0.39 is 0 Å². The number of hydrogen-bond donors (Lipinski definition) is 1. The van der Waals surface area contributed by atoms with Crippen molar-refractivity contribution in [1.82, 2.24) is 4.90 Å². The molecule has 18 heavy (non-hydrogen) atoms. The molecule has 2 heteroatoms. The quantitative estimate of drug-likeness (QED) is 0.831. The molecule has 2 aliphatic rings. The van der Waals surface area contributed by atoms with Crippen LogP contribution in [0.3, 0.4) is 0 Å². The van der Waals surface area contributed by atoms with Crippen molar-refractivity contribution < 1.29 is 5.11 Å². The molecule has 0 aromatic carbocycles. The van der Waals surface area contributed by atoms with E-state index in [9.17, 15) is 5.11 Å². The maximum absolute atomic E-state index is 10.2. The van der Waals surface area contributed by atoms with E-state index in [1.54, 1.807) is 0 Å². The molecule has 3 unspecified atom stereocenters. The van der Waals surface area contributed by atoms with Crippen molar-refractivity contribution in [3.63, 3.8) is 0 Å². The Kier molecular flexibility index (Phi) is 5.50. The maximum Gasteiger partial charge on any atom is 0.0580 e. The maximum atomic E-state index is 10.2. The molecular formula is C16H31NO. The largest absolute Gasteiger partial charge is 0.393 e. The van der Waals surface area contributed by atoms with E-state index in [0.29, 0.717) is 5.92 Å². The number of aliphatic hydroxyl groups excluding tert-OH is 1. The van der Waals surface area contributed by atoms with Gasteiger partial charge in [-0.3, -0.25) is 0 Å². The van der Waals surface area contributed by atoms with Crippen LogP contribution in [0.15, 0.2) is 0 Å². The highest BCUT2D eigenvalue weighted by Crippen LogP contribution is 2.33. The predicted octanol–water partition coefficient (Wildman–Crippen LogP) is 3.30. The predicted molar refractivity (Wildman–Crippen MR) is 76.6 cm³/mol. The molecule has 1 saturated carbocycles. The highest BCUT2D eigenvalue weighted by molar-refractivity contribution is 4.83. The molecule has 3 atom stereocenters. The van der Waals surface area contributed by atoms with Crippen molar-refractivity contribution >= 4 is 0 Å². The second-order valence-corrected chi connectivity index (χ2v) is 6.78. The summed E-state index contributed by atoms with van der Waals surface area (Å²) in [6.45, 7) is 8.30. The lowest BCUT2D eigenvalue weighted by atomic mass is 9.77. The van der Waals surface area contributed by atoms with E-state index in [1.165, 1.54) is 51.6 Å². The van der Waals surface area contributed by atoms with Gasteiger partial charge in [-0.15, -0.1) is 0 Å². The van der Waals surface area contributed by atoms with E-state index in [2.05, 4.69) is 18.7 Å². The van der Waals surface area contributed by atoms with Gasteiger partial charge in [-0.2, -0.15) is 0 Å².